The second-order valence-corrected chi connectivity index (χ2v) is 5.42. The number of rotatable bonds is 4. The van der Waals surface area contributed by atoms with Gasteiger partial charge in [0.15, 0.2) is 0 Å². The molecule has 1 atom stereocenters. The van der Waals surface area contributed by atoms with E-state index >= 15 is 0 Å². The van der Waals surface area contributed by atoms with Crippen LogP contribution >= 0.6 is 12.6 Å². The summed E-state index contributed by atoms with van der Waals surface area (Å²) in [5, 5.41) is 8.59. The first-order valence-corrected chi connectivity index (χ1v) is 6.74. The van der Waals surface area contributed by atoms with Gasteiger partial charge >= 0.3 is 0 Å². The second kappa shape index (κ2) is 5.34. The summed E-state index contributed by atoms with van der Waals surface area (Å²) in [7, 11) is -3.50. The molecular formula is C10H12N2O2S2. The number of thiol groups is 1. The van der Waals surface area contributed by atoms with Crippen molar-refractivity contribution in [1.82, 2.24) is 4.72 Å². The Morgan fingerprint density at radius 1 is 1.44 bits per heavy atom. The van der Waals surface area contributed by atoms with Crippen LogP contribution in [0.5, 0.6) is 0 Å². The van der Waals surface area contributed by atoms with Crippen LogP contribution in [0.4, 0.5) is 0 Å². The molecule has 0 heterocycles. The maximum absolute atomic E-state index is 11.8. The smallest absolute Gasteiger partial charge is 0.208 e. The average molecular weight is 256 g/mol. The van der Waals surface area contributed by atoms with Crippen molar-refractivity contribution >= 4 is 22.7 Å². The number of sulfonamides is 1. The van der Waals surface area contributed by atoms with E-state index in [1.807, 2.05) is 6.07 Å². The van der Waals surface area contributed by atoms with Gasteiger partial charge in [-0.1, -0.05) is 0 Å². The van der Waals surface area contributed by atoms with Crippen molar-refractivity contribution < 1.29 is 8.42 Å². The molecule has 0 spiro atoms. The van der Waals surface area contributed by atoms with Crippen molar-refractivity contribution in [3.8, 4) is 6.07 Å². The molecule has 1 rings (SSSR count). The SMILES string of the molecule is C[C@H](CS)NS(=O)(=O)c1ccc(C#N)cc1. The lowest BCUT2D eigenvalue weighted by atomic mass is 10.2. The highest BCUT2D eigenvalue weighted by atomic mass is 32.2. The number of nitrogens with zero attached hydrogens (tertiary/aromatic N) is 1. The Morgan fingerprint density at radius 2 is 2.00 bits per heavy atom. The summed E-state index contributed by atoms with van der Waals surface area (Å²) in [6, 6.07) is 7.46. The van der Waals surface area contributed by atoms with E-state index in [2.05, 4.69) is 17.4 Å². The summed E-state index contributed by atoms with van der Waals surface area (Å²) in [5.41, 5.74) is 0.432. The maximum Gasteiger partial charge on any atom is 0.240 e. The van der Waals surface area contributed by atoms with E-state index < -0.39 is 10.0 Å². The minimum absolute atomic E-state index is 0.153. The van der Waals surface area contributed by atoms with Gasteiger partial charge in [-0.2, -0.15) is 17.9 Å². The fourth-order valence-electron chi connectivity index (χ4n) is 1.08. The predicted octanol–water partition coefficient (Wildman–Crippen LogP) is 1.15. The fraction of sp³-hybridized carbons (Fsp3) is 0.300. The van der Waals surface area contributed by atoms with E-state index in [-0.39, 0.29) is 10.9 Å². The van der Waals surface area contributed by atoms with Gasteiger partial charge in [0.2, 0.25) is 10.0 Å². The summed E-state index contributed by atoms with van der Waals surface area (Å²) in [6.07, 6.45) is 0. The van der Waals surface area contributed by atoms with Crippen molar-refractivity contribution in [3.05, 3.63) is 29.8 Å². The van der Waals surface area contributed by atoms with Crippen LogP contribution in [0.2, 0.25) is 0 Å². The Kier molecular flexibility index (Phi) is 4.35. The van der Waals surface area contributed by atoms with Gasteiger partial charge in [0, 0.05) is 11.8 Å². The van der Waals surface area contributed by atoms with Crippen LogP contribution in [0, 0.1) is 11.3 Å². The summed E-state index contributed by atoms with van der Waals surface area (Å²) in [6.45, 7) is 1.73. The summed E-state index contributed by atoms with van der Waals surface area (Å²) in [4.78, 5) is 0.153. The minimum atomic E-state index is -3.50. The zero-order valence-electron chi connectivity index (χ0n) is 8.71. The Labute approximate surface area is 101 Å². The molecule has 4 nitrogen and oxygen atoms in total. The zero-order valence-corrected chi connectivity index (χ0v) is 10.4. The van der Waals surface area contributed by atoms with Crippen molar-refractivity contribution in [2.24, 2.45) is 0 Å². The highest BCUT2D eigenvalue weighted by molar-refractivity contribution is 7.89. The van der Waals surface area contributed by atoms with Crippen LogP contribution < -0.4 is 4.72 Å². The van der Waals surface area contributed by atoms with Gasteiger partial charge in [-0.3, -0.25) is 0 Å². The fourth-order valence-corrected chi connectivity index (χ4v) is 2.54. The monoisotopic (exact) mass is 256 g/mol. The first kappa shape index (κ1) is 13.0. The van der Waals surface area contributed by atoms with Gasteiger partial charge in [-0.05, 0) is 31.2 Å². The summed E-state index contributed by atoms with van der Waals surface area (Å²) < 4.78 is 26.0. The first-order valence-electron chi connectivity index (χ1n) is 4.63. The number of hydrogen-bond acceptors (Lipinski definition) is 4. The summed E-state index contributed by atoms with van der Waals surface area (Å²) in [5.74, 6) is 0.426. The van der Waals surface area contributed by atoms with Crippen LogP contribution in [0.25, 0.3) is 0 Å². The molecule has 0 fully saturated rings. The molecule has 0 aromatic heterocycles. The highest BCUT2D eigenvalue weighted by Gasteiger charge is 2.16. The lowest BCUT2D eigenvalue weighted by Crippen LogP contribution is -2.33. The number of nitriles is 1. The van der Waals surface area contributed by atoms with Gasteiger partial charge in [0.25, 0.3) is 0 Å². The van der Waals surface area contributed by atoms with Crippen molar-refractivity contribution in [1.29, 1.82) is 5.26 Å². The number of nitrogens with one attached hydrogen (secondary N) is 1. The van der Waals surface area contributed by atoms with Gasteiger partial charge in [0.1, 0.15) is 0 Å². The van der Waals surface area contributed by atoms with Crippen molar-refractivity contribution in [2.75, 3.05) is 5.75 Å². The Morgan fingerprint density at radius 3 is 2.44 bits per heavy atom. The molecule has 0 amide bonds. The maximum atomic E-state index is 11.8. The first-order chi connectivity index (χ1) is 7.49. The van der Waals surface area contributed by atoms with Gasteiger partial charge in [-0.15, -0.1) is 0 Å². The van der Waals surface area contributed by atoms with E-state index in [4.69, 9.17) is 5.26 Å². The van der Waals surface area contributed by atoms with E-state index in [0.717, 1.165) is 0 Å². The highest BCUT2D eigenvalue weighted by Crippen LogP contribution is 2.10. The third-order valence-corrected chi connectivity index (χ3v) is 4.08. The normalized spacial score (nSPS) is 13.1. The Bertz CT molecular complexity index is 489. The van der Waals surface area contributed by atoms with Crippen LogP contribution in [0.15, 0.2) is 29.2 Å². The van der Waals surface area contributed by atoms with E-state index in [1.54, 1.807) is 6.92 Å². The molecule has 0 saturated carbocycles. The third kappa shape index (κ3) is 3.23. The summed E-state index contributed by atoms with van der Waals surface area (Å²) >= 11 is 4.00. The average Bonchev–Trinajstić information content (AvgIpc) is 2.28. The van der Waals surface area contributed by atoms with Crippen LogP contribution in [-0.2, 0) is 10.0 Å². The molecule has 1 aromatic rings. The van der Waals surface area contributed by atoms with E-state index in [9.17, 15) is 8.42 Å². The molecule has 6 heteroatoms. The largest absolute Gasteiger partial charge is 0.240 e. The Balaban J connectivity index is 2.95. The molecule has 1 aromatic carbocycles. The molecule has 0 aliphatic rings. The predicted molar refractivity (Wildman–Crippen MR) is 64.8 cm³/mol. The number of hydrogen-bond donors (Lipinski definition) is 2. The molecule has 0 aliphatic heterocycles. The minimum Gasteiger partial charge on any atom is -0.208 e. The molecule has 0 bridgehead atoms. The van der Waals surface area contributed by atoms with E-state index in [0.29, 0.717) is 11.3 Å². The molecule has 0 aliphatic carbocycles. The molecule has 0 unspecified atom stereocenters. The van der Waals surface area contributed by atoms with Crippen LogP contribution in [-0.4, -0.2) is 20.2 Å². The second-order valence-electron chi connectivity index (χ2n) is 3.34. The molecular weight excluding hydrogens is 244 g/mol. The molecule has 16 heavy (non-hydrogen) atoms. The lowest BCUT2D eigenvalue weighted by molar-refractivity contribution is 0.571. The van der Waals surface area contributed by atoms with Crippen LogP contribution in [0.1, 0.15) is 12.5 Å². The standard InChI is InChI=1S/C10H12N2O2S2/c1-8(7-15)12-16(13,14)10-4-2-9(6-11)3-5-10/h2-5,8,12,15H,7H2,1H3/t8-/m1/s1. The van der Waals surface area contributed by atoms with Gasteiger partial charge in [-0.25, -0.2) is 13.1 Å². The van der Waals surface area contributed by atoms with Crippen molar-refractivity contribution in [3.63, 3.8) is 0 Å². The van der Waals surface area contributed by atoms with Crippen molar-refractivity contribution in [2.45, 2.75) is 17.9 Å². The molecule has 1 N–H and O–H groups in total. The Hall–Kier alpha value is -1.03. The number of benzene rings is 1. The van der Waals surface area contributed by atoms with Crippen LogP contribution in [0.3, 0.4) is 0 Å². The zero-order chi connectivity index (χ0) is 12.2. The van der Waals surface area contributed by atoms with Gasteiger partial charge < -0.3 is 0 Å². The molecule has 0 radical (unpaired) electrons. The third-order valence-electron chi connectivity index (χ3n) is 1.92. The molecule has 0 saturated heterocycles. The lowest BCUT2D eigenvalue weighted by Gasteiger charge is -2.11. The topological polar surface area (TPSA) is 70.0 Å². The van der Waals surface area contributed by atoms with E-state index in [1.165, 1.54) is 24.3 Å². The van der Waals surface area contributed by atoms with Gasteiger partial charge in [0.05, 0.1) is 16.5 Å². The quantitative estimate of drug-likeness (QED) is 0.794. The molecule has 86 valence electrons.